The first-order valence-electron chi connectivity index (χ1n) is 8.19. The Hall–Kier alpha value is -2.36. The number of ketones is 1. The second-order valence-corrected chi connectivity index (χ2v) is 5.77. The summed E-state index contributed by atoms with van der Waals surface area (Å²) in [6.07, 6.45) is 1.78. The van der Waals surface area contributed by atoms with E-state index >= 15 is 0 Å². The van der Waals surface area contributed by atoms with Gasteiger partial charge in [0.05, 0.1) is 17.7 Å². The van der Waals surface area contributed by atoms with Gasteiger partial charge < -0.3 is 9.84 Å². The first-order chi connectivity index (χ1) is 11.6. The van der Waals surface area contributed by atoms with Crippen LogP contribution in [0.4, 0.5) is 4.39 Å². The normalized spacial score (nSPS) is 10.6. The molecule has 0 spiro atoms. The van der Waals surface area contributed by atoms with Crippen LogP contribution >= 0.6 is 0 Å². The highest BCUT2D eigenvalue weighted by molar-refractivity contribution is 5.99. The highest BCUT2D eigenvalue weighted by Crippen LogP contribution is 2.33. The monoisotopic (exact) mass is 330 g/mol. The molecular weight excluding hydrogens is 307 g/mol. The van der Waals surface area contributed by atoms with Gasteiger partial charge in [-0.2, -0.15) is 0 Å². The molecule has 0 bridgehead atoms. The molecule has 0 aliphatic heterocycles. The molecule has 0 aromatic heterocycles. The van der Waals surface area contributed by atoms with Crippen LogP contribution in [0.25, 0.3) is 0 Å². The molecule has 2 aromatic rings. The highest BCUT2D eigenvalue weighted by Gasteiger charge is 2.18. The summed E-state index contributed by atoms with van der Waals surface area (Å²) in [4.78, 5) is 12.3. The second kappa shape index (κ2) is 8.48. The molecule has 0 saturated carbocycles. The third kappa shape index (κ3) is 4.34. The molecule has 2 rings (SSSR count). The lowest BCUT2D eigenvalue weighted by molar-refractivity contribution is 0.0977. The number of ether oxygens (including phenoxy) is 1. The Morgan fingerprint density at radius 3 is 2.50 bits per heavy atom. The van der Waals surface area contributed by atoms with Crippen LogP contribution in [0.5, 0.6) is 11.5 Å². The lowest BCUT2D eigenvalue weighted by Gasteiger charge is -2.12. The molecule has 2 aromatic carbocycles. The molecule has 0 unspecified atom stereocenters. The van der Waals surface area contributed by atoms with Crippen LogP contribution in [0.3, 0.4) is 0 Å². The Morgan fingerprint density at radius 1 is 1.17 bits per heavy atom. The van der Waals surface area contributed by atoms with E-state index in [-0.39, 0.29) is 28.4 Å². The van der Waals surface area contributed by atoms with Crippen LogP contribution in [0.15, 0.2) is 36.4 Å². The standard InChI is InChI=1S/C20H23FO3/c1-3-24-19-12-11-16(20(23)17(19)13-21)18(22)6-4-5-15-9-7-14(2)8-10-15/h7-12,23H,3-6,13H2,1-2H3. The van der Waals surface area contributed by atoms with Crippen molar-refractivity contribution in [3.8, 4) is 11.5 Å². The van der Waals surface area contributed by atoms with Crippen LogP contribution in [-0.2, 0) is 13.1 Å². The fourth-order valence-electron chi connectivity index (χ4n) is 2.61. The van der Waals surface area contributed by atoms with E-state index in [0.717, 1.165) is 6.42 Å². The second-order valence-electron chi connectivity index (χ2n) is 5.77. The smallest absolute Gasteiger partial charge is 0.166 e. The van der Waals surface area contributed by atoms with Crippen molar-refractivity contribution in [2.45, 2.75) is 39.8 Å². The molecule has 3 nitrogen and oxygen atoms in total. The summed E-state index contributed by atoms with van der Waals surface area (Å²) in [5, 5.41) is 10.2. The number of halogens is 1. The van der Waals surface area contributed by atoms with Gasteiger partial charge >= 0.3 is 0 Å². The number of carbonyl (C=O) groups excluding carboxylic acids is 1. The third-order valence-electron chi connectivity index (χ3n) is 3.96. The predicted molar refractivity (Wildman–Crippen MR) is 92.5 cm³/mol. The summed E-state index contributed by atoms with van der Waals surface area (Å²) >= 11 is 0. The molecule has 0 aliphatic carbocycles. The van der Waals surface area contributed by atoms with Crippen molar-refractivity contribution in [3.63, 3.8) is 0 Å². The van der Waals surface area contributed by atoms with Crippen molar-refractivity contribution in [3.05, 3.63) is 58.7 Å². The molecule has 0 aliphatic rings. The maximum Gasteiger partial charge on any atom is 0.166 e. The van der Waals surface area contributed by atoms with Crippen molar-refractivity contribution < 1.29 is 19.0 Å². The van der Waals surface area contributed by atoms with Gasteiger partial charge in [0, 0.05) is 6.42 Å². The number of alkyl halides is 1. The molecule has 0 atom stereocenters. The van der Waals surface area contributed by atoms with Crippen molar-refractivity contribution >= 4 is 5.78 Å². The molecule has 128 valence electrons. The zero-order valence-electron chi connectivity index (χ0n) is 14.1. The number of hydrogen-bond donors (Lipinski definition) is 1. The quantitative estimate of drug-likeness (QED) is 0.709. The van der Waals surface area contributed by atoms with Crippen LogP contribution in [0.2, 0.25) is 0 Å². The Labute approximate surface area is 142 Å². The SMILES string of the molecule is CCOc1ccc(C(=O)CCCc2ccc(C)cc2)c(O)c1CF. The molecular formula is C20H23FO3. The van der Waals surface area contributed by atoms with Gasteiger partial charge in [-0.1, -0.05) is 29.8 Å². The topological polar surface area (TPSA) is 46.5 Å². The van der Waals surface area contributed by atoms with Gasteiger partial charge in [-0.05, 0) is 44.4 Å². The highest BCUT2D eigenvalue weighted by atomic mass is 19.1. The lowest BCUT2D eigenvalue weighted by atomic mass is 9.99. The molecule has 0 radical (unpaired) electrons. The molecule has 4 heteroatoms. The van der Waals surface area contributed by atoms with Crippen LogP contribution in [-0.4, -0.2) is 17.5 Å². The van der Waals surface area contributed by atoms with E-state index in [1.54, 1.807) is 13.0 Å². The Kier molecular flexibility index (Phi) is 6.36. The van der Waals surface area contributed by atoms with E-state index in [1.165, 1.54) is 17.2 Å². The van der Waals surface area contributed by atoms with E-state index in [4.69, 9.17) is 4.74 Å². The Bertz CT molecular complexity index is 693. The summed E-state index contributed by atoms with van der Waals surface area (Å²) in [7, 11) is 0. The summed E-state index contributed by atoms with van der Waals surface area (Å²) in [5.74, 6) is -0.199. The number of rotatable bonds is 8. The maximum absolute atomic E-state index is 13.2. The van der Waals surface area contributed by atoms with E-state index in [2.05, 4.69) is 12.1 Å². The van der Waals surface area contributed by atoms with Gasteiger partial charge in [-0.15, -0.1) is 0 Å². The van der Waals surface area contributed by atoms with Crippen molar-refractivity contribution in [1.82, 2.24) is 0 Å². The molecule has 0 amide bonds. The summed E-state index contributed by atoms with van der Waals surface area (Å²) in [6, 6.07) is 11.2. The van der Waals surface area contributed by atoms with E-state index in [1.807, 2.05) is 19.1 Å². The molecule has 24 heavy (non-hydrogen) atoms. The molecule has 1 N–H and O–H groups in total. The van der Waals surface area contributed by atoms with Gasteiger partial charge in [0.15, 0.2) is 5.78 Å². The molecule has 0 heterocycles. The first-order valence-corrected chi connectivity index (χ1v) is 8.19. The fraction of sp³-hybridized carbons (Fsp3) is 0.350. The minimum Gasteiger partial charge on any atom is -0.507 e. The number of Topliss-reactive ketones (excluding diaryl/α,β-unsaturated/α-hetero) is 1. The Morgan fingerprint density at radius 2 is 1.88 bits per heavy atom. The first kappa shape index (κ1) is 18.0. The predicted octanol–water partition coefficient (Wildman–Crippen LogP) is 4.77. The average Bonchev–Trinajstić information content (AvgIpc) is 2.57. The van der Waals surface area contributed by atoms with Gasteiger partial charge in [0.25, 0.3) is 0 Å². The van der Waals surface area contributed by atoms with Gasteiger partial charge in [-0.3, -0.25) is 4.79 Å². The minimum atomic E-state index is -0.869. The van der Waals surface area contributed by atoms with Crippen molar-refractivity contribution in [2.75, 3.05) is 6.61 Å². The number of carbonyl (C=O) groups is 1. The van der Waals surface area contributed by atoms with Crippen LogP contribution in [0.1, 0.15) is 46.8 Å². The number of phenolic OH excluding ortho intramolecular Hbond substituents is 1. The average molecular weight is 330 g/mol. The van der Waals surface area contributed by atoms with Crippen molar-refractivity contribution in [1.29, 1.82) is 0 Å². The zero-order valence-corrected chi connectivity index (χ0v) is 14.1. The van der Waals surface area contributed by atoms with Gasteiger partial charge in [-0.25, -0.2) is 4.39 Å². The number of aryl methyl sites for hydroxylation is 2. The summed E-state index contributed by atoms with van der Waals surface area (Å²) in [5.41, 5.74) is 2.58. The van der Waals surface area contributed by atoms with Crippen LogP contribution in [0, 0.1) is 6.92 Å². The van der Waals surface area contributed by atoms with Crippen LogP contribution < -0.4 is 4.74 Å². The Balaban J connectivity index is 2.02. The number of aromatic hydroxyl groups is 1. The van der Waals surface area contributed by atoms with Gasteiger partial charge in [0.1, 0.15) is 18.2 Å². The van der Waals surface area contributed by atoms with Crippen molar-refractivity contribution in [2.24, 2.45) is 0 Å². The van der Waals surface area contributed by atoms with E-state index in [9.17, 15) is 14.3 Å². The zero-order chi connectivity index (χ0) is 17.5. The maximum atomic E-state index is 13.2. The van der Waals surface area contributed by atoms with Gasteiger partial charge in [0.2, 0.25) is 0 Å². The van der Waals surface area contributed by atoms with E-state index in [0.29, 0.717) is 19.4 Å². The molecule has 0 saturated heterocycles. The number of phenols is 1. The lowest BCUT2D eigenvalue weighted by Crippen LogP contribution is -2.04. The number of hydrogen-bond acceptors (Lipinski definition) is 3. The van der Waals surface area contributed by atoms with E-state index < -0.39 is 6.67 Å². The summed E-state index contributed by atoms with van der Waals surface area (Å²) in [6.45, 7) is 3.32. The molecule has 0 fully saturated rings. The minimum absolute atomic E-state index is 0.0428. The third-order valence-corrected chi connectivity index (χ3v) is 3.96. The largest absolute Gasteiger partial charge is 0.507 e. The summed E-state index contributed by atoms with van der Waals surface area (Å²) < 4.78 is 18.4. The fourth-order valence-corrected chi connectivity index (χ4v) is 2.61. The number of benzene rings is 2.